The molecule has 0 spiro atoms. The Morgan fingerprint density at radius 2 is 2.11 bits per heavy atom. The van der Waals surface area contributed by atoms with Crippen LogP contribution in [-0.4, -0.2) is 20.0 Å². The molecule has 0 saturated heterocycles. The Hall–Kier alpha value is -1.44. The van der Waals surface area contributed by atoms with E-state index < -0.39 is 17.2 Å². The second-order valence-electron chi connectivity index (χ2n) is 3.86. The minimum Gasteiger partial charge on any atom is -0.772 e. The minimum absolute atomic E-state index is 0.0390. The third-order valence-electron chi connectivity index (χ3n) is 2.54. The van der Waals surface area contributed by atoms with Crippen LogP contribution in [0.15, 0.2) is 34.8 Å². The maximum Gasteiger partial charge on any atom is 0.409 e. The molecule has 1 amide bonds. The highest BCUT2D eigenvalue weighted by Gasteiger charge is 2.08. The topological polar surface area (TPSA) is 89.5 Å². The molecule has 0 fully saturated rings. The molecule has 1 atom stereocenters. The Morgan fingerprint density at radius 1 is 1.37 bits per heavy atom. The summed E-state index contributed by atoms with van der Waals surface area (Å²) in [5, 5.41) is 12.6. The summed E-state index contributed by atoms with van der Waals surface area (Å²) >= 11 is 1.21. The zero-order chi connectivity index (χ0) is 14.0. The van der Waals surface area contributed by atoms with Gasteiger partial charge in [-0.25, -0.2) is 4.79 Å². The Labute approximate surface area is 120 Å². The van der Waals surface area contributed by atoms with Crippen LogP contribution in [0.3, 0.4) is 0 Å². The average molecular weight is 343 g/mol. The van der Waals surface area contributed by atoms with Crippen molar-refractivity contribution in [1.82, 2.24) is 0 Å². The lowest BCUT2D eigenvalue weighted by Crippen LogP contribution is -2.07. The van der Waals surface area contributed by atoms with Gasteiger partial charge < -0.3 is 9.66 Å². The van der Waals surface area contributed by atoms with E-state index in [1.54, 1.807) is 30.3 Å². The molecule has 0 aliphatic heterocycles. The second-order valence-corrected chi connectivity index (χ2v) is 5.55. The first-order chi connectivity index (χ1) is 8.97. The van der Waals surface area contributed by atoms with Gasteiger partial charge in [0.05, 0.1) is 5.69 Å². The predicted molar refractivity (Wildman–Crippen MR) is 75.9 cm³/mol. The summed E-state index contributed by atoms with van der Waals surface area (Å²) in [5.41, 5.74) is 1.13. The molecule has 2 rings (SSSR count). The predicted octanol–water partition coefficient (Wildman–Crippen LogP) is 3.07. The van der Waals surface area contributed by atoms with Gasteiger partial charge >= 0.3 is 6.09 Å². The van der Waals surface area contributed by atoms with Crippen molar-refractivity contribution in [3.63, 3.8) is 0 Å². The highest BCUT2D eigenvalue weighted by molar-refractivity contribution is 9.10. The van der Waals surface area contributed by atoms with Gasteiger partial charge in [0.1, 0.15) is 0 Å². The number of amides is 1. The van der Waals surface area contributed by atoms with Crippen LogP contribution >= 0.6 is 15.9 Å². The van der Waals surface area contributed by atoms with Crippen LogP contribution in [0, 0.1) is 0 Å². The first-order valence-electron chi connectivity index (χ1n) is 5.24. The summed E-state index contributed by atoms with van der Waals surface area (Å²) in [5.74, 6) is -0.0390. The van der Waals surface area contributed by atoms with E-state index in [1.807, 2.05) is 0 Å². The van der Waals surface area contributed by atoms with E-state index in [0.717, 1.165) is 10.8 Å². The lowest BCUT2D eigenvalue weighted by molar-refractivity contribution is 0.209. The number of hydrogen-bond donors (Lipinski definition) is 2. The molecule has 7 heteroatoms. The van der Waals surface area contributed by atoms with Crippen LogP contribution < -0.4 is 5.32 Å². The summed E-state index contributed by atoms with van der Waals surface area (Å²) in [4.78, 5) is 10.6. The quantitative estimate of drug-likeness (QED) is 0.838. The smallest absolute Gasteiger partial charge is 0.409 e. The molecule has 0 bridgehead atoms. The summed E-state index contributed by atoms with van der Waals surface area (Å²) < 4.78 is 22.0. The molecule has 0 saturated carbocycles. The Kier molecular flexibility index (Phi) is 4.18. The molecule has 0 radical (unpaired) electrons. The fourth-order valence-corrected chi connectivity index (χ4v) is 2.82. The second kappa shape index (κ2) is 5.68. The van der Waals surface area contributed by atoms with Gasteiger partial charge in [-0.15, -0.1) is 0 Å². The molecule has 0 heterocycles. The fraction of sp³-hybridized carbons (Fsp3) is 0.0833. The van der Waals surface area contributed by atoms with Crippen LogP contribution in [0.2, 0.25) is 0 Å². The minimum atomic E-state index is -2.13. The van der Waals surface area contributed by atoms with Crippen LogP contribution in [0.4, 0.5) is 10.5 Å². The van der Waals surface area contributed by atoms with Crippen LogP contribution in [0.25, 0.3) is 10.8 Å². The molecule has 1 unspecified atom stereocenters. The van der Waals surface area contributed by atoms with Gasteiger partial charge in [0.2, 0.25) is 0 Å². The Balaban J connectivity index is 2.47. The molecule has 0 aliphatic rings. The third-order valence-corrected chi connectivity index (χ3v) is 3.97. The van der Waals surface area contributed by atoms with Gasteiger partial charge in [0.15, 0.2) is 0 Å². The summed E-state index contributed by atoms with van der Waals surface area (Å²) in [7, 11) is 0. The van der Waals surface area contributed by atoms with Gasteiger partial charge in [-0.2, -0.15) is 0 Å². The monoisotopic (exact) mass is 342 g/mol. The van der Waals surface area contributed by atoms with Gasteiger partial charge in [0, 0.05) is 10.2 Å². The number of carbonyl (C=O) groups is 1. The molecule has 0 aliphatic carbocycles. The highest BCUT2D eigenvalue weighted by atomic mass is 79.9. The maximum absolute atomic E-state index is 10.7. The first-order valence-corrected chi connectivity index (χ1v) is 7.28. The maximum atomic E-state index is 10.7. The van der Waals surface area contributed by atoms with Crippen molar-refractivity contribution < 1.29 is 18.7 Å². The number of hydrogen-bond acceptors (Lipinski definition) is 3. The zero-order valence-electron chi connectivity index (χ0n) is 9.55. The fourth-order valence-electron chi connectivity index (χ4n) is 1.78. The molecule has 2 aromatic carbocycles. The molecule has 19 heavy (non-hydrogen) atoms. The summed E-state index contributed by atoms with van der Waals surface area (Å²) in [6, 6.07) is 8.59. The number of halogens is 1. The first kappa shape index (κ1) is 14.0. The average Bonchev–Trinajstić information content (AvgIpc) is 2.31. The van der Waals surface area contributed by atoms with Crippen molar-refractivity contribution in [3.05, 3.63) is 40.4 Å². The van der Waals surface area contributed by atoms with E-state index in [1.165, 1.54) is 0 Å². The number of rotatable bonds is 3. The third kappa shape index (κ3) is 3.31. The van der Waals surface area contributed by atoms with Gasteiger partial charge in [0.25, 0.3) is 0 Å². The van der Waals surface area contributed by atoms with Crippen LogP contribution in [0.1, 0.15) is 5.56 Å². The van der Waals surface area contributed by atoms with E-state index in [4.69, 9.17) is 5.11 Å². The van der Waals surface area contributed by atoms with Gasteiger partial charge in [-0.05, 0) is 38.3 Å². The number of carboxylic acid groups (broad SMARTS) is 1. The molecule has 0 aromatic heterocycles. The normalized spacial score (nSPS) is 12.3. The van der Waals surface area contributed by atoms with Crippen molar-refractivity contribution in [2.24, 2.45) is 0 Å². The van der Waals surface area contributed by atoms with E-state index in [2.05, 4.69) is 21.2 Å². The van der Waals surface area contributed by atoms with E-state index in [-0.39, 0.29) is 5.75 Å². The SMILES string of the molecule is O=C(O)Nc1ccc2cc(CS(=O)[O-])ccc2c1Br. The largest absolute Gasteiger partial charge is 0.772 e. The Bertz CT molecular complexity index is 674. The molecular formula is C12H9BrNO4S-. The lowest BCUT2D eigenvalue weighted by Gasteiger charge is -2.10. The van der Waals surface area contributed by atoms with Crippen molar-refractivity contribution >= 4 is 49.6 Å². The van der Waals surface area contributed by atoms with Gasteiger partial charge in [-0.3, -0.25) is 9.53 Å². The summed E-state index contributed by atoms with van der Waals surface area (Å²) in [6.07, 6.45) is -1.14. The van der Waals surface area contributed by atoms with Crippen molar-refractivity contribution in [1.29, 1.82) is 0 Å². The molecule has 2 N–H and O–H groups in total. The molecular weight excluding hydrogens is 334 g/mol. The standard InChI is InChI=1S/C12H10BrNO4S/c13-11-9-3-1-7(6-19(17)18)5-8(9)2-4-10(11)14-12(15)16/h1-5,14H,6H2,(H,15,16)(H,17,18)/p-1. The van der Waals surface area contributed by atoms with E-state index in [0.29, 0.717) is 15.7 Å². The number of benzene rings is 2. The van der Waals surface area contributed by atoms with Crippen LogP contribution in [0.5, 0.6) is 0 Å². The zero-order valence-corrected chi connectivity index (χ0v) is 12.0. The van der Waals surface area contributed by atoms with Crippen molar-refractivity contribution in [2.75, 3.05) is 5.32 Å². The highest BCUT2D eigenvalue weighted by Crippen LogP contribution is 2.32. The lowest BCUT2D eigenvalue weighted by atomic mass is 10.1. The van der Waals surface area contributed by atoms with Crippen molar-refractivity contribution in [2.45, 2.75) is 5.75 Å². The number of nitrogens with one attached hydrogen (secondary N) is 1. The van der Waals surface area contributed by atoms with Gasteiger partial charge in [-0.1, -0.05) is 35.3 Å². The number of anilines is 1. The Morgan fingerprint density at radius 3 is 2.74 bits per heavy atom. The summed E-state index contributed by atoms with van der Waals surface area (Å²) in [6.45, 7) is 0. The van der Waals surface area contributed by atoms with Crippen molar-refractivity contribution in [3.8, 4) is 0 Å². The molecule has 100 valence electrons. The molecule has 5 nitrogen and oxygen atoms in total. The van der Waals surface area contributed by atoms with E-state index in [9.17, 15) is 13.6 Å². The van der Waals surface area contributed by atoms with E-state index >= 15 is 0 Å². The van der Waals surface area contributed by atoms with Crippen LogP contribution in [-0.2, 0) is 16.8 Å². The number of fused-ring (bicyclic) bond motifs is 1. The molecule has 2 aromatic rings.